The number of aliphatic hydroxyl groups excluding tert-OH is 1. The van der Waals surface area contributed by atoms with Crippen LogP contribution in [0.4, 0.5) is 4.39 Å². The maximum Gasteiger partial charge on any atom is 0.245 e. The van der Waals surface area contributed by atoms with Gasteiger partial charge in [0, 0.05) is 13.5 Å². The van der Waals surface area contributed by atoms with E-state index in [2.05, 4.69) is 10.6 Å². The molecule has 98 valence electrons. The van der Waals surface area contributed by atoms with E-state index in [0.29, 0.717) is 5.56 Å². The Balaban J connectivity index is 2.51. The van der Waals surface area contributed by atoms with Gasteiger partial charge in [-0.15, -0.1) is 0 Å². The van der Waals surface area contributed by atoms with Crippen molar-refractivity contribution in [1.29, 1.82) is 0 Å². The molecular formula is C12H15FN2O3. The number of hydrogen-bond donors (Lipinski definition) is 3. The molecule has 5 nitrogen and oxygen atoms in total. The van der Waals surface area contributed by atoms with Gasteiger partial charge < -0.3 is 15.7 Å². The molecule has 0 aliphatic heterocycles. The van der Waals surface area contributed by atoms with Crippen LogP contribution in [0.1, 0.15) is 12.5 Å². The highest BCUT2D eigenvalue weighted by molar-refractivity contribution is 5.86. The third-order valence-corrected chi connectivity index (χ3v) is 2.23. The Bertz CT molecular complexity index is 437. The van der Waals surface area contributed by atoms with Crippen molar-refractivity contribution in [3.05, 3.63) is 35.6 Å². The molecule has 0 spiro atoms. The van der Waals surface area contributed by atoms with E-state index in [-0.39, 0.29) is 12.4 Å². The van der Waals surface area contributed by atoms with Gasteiger partial charge in [0.1, 0.15) is 11.9 Å². The Kier molecular flexibility index (Phi) is 5.26. The summed E-state index contributed by atoms with van der Waals surface area (Å²) < 4.78 is 12.9. The topological polar surface area (TPSA) is 78.4 Å². The summed E-state index contributed by atoms with van der Waals surface area (Å²) in [4.78, 5) is 22.4. The highest BCUT2D eigenvalue weighted by atomic mass is 19.1. The van der Waals surface area contributed by atoms with Gasteiger partial charge in [0.2, 0.25) is 11.8 Å². The molecule has 0 saturated carbocycles. The highest BCUT2D eigenvalue weighted by Gasteiger charge is 2.17. The molecule has 18 heavy (non-hydrogen) atoms. The average Bonchev–Trinajstić information content (AvgIpc) is 2.33. The molecule has 3 N–H and O–H groups in total. The van der Waals surface area contributed by atoms with E-state index in [1.54, 1.807) is 6.07 Å². The van der Waals surface area contributed by atoms with Crippen LogP contribution in [0.25, 0.3) is 0 Å². The van der Waals surface area contributed by atoms with Crippen LogP contribution in [0.5, 0.6) is 0 Å². The third-order valence-electron chi connectivity index (χ3n) is 2.23. The molecule has 0 bridgehead atoms. The number of halogens is 1. The van der Waals surface area contributed by atoms with Gasteiger partial charge in [0.05, 0.1) is 6.61 Å². The molecule has 1 rings (SSSR count). The molecule has 0 aromatic heterocycles. The summed E-state index contributed by atoms with van der Waals surface area (Å²) >= 11 is 0. The first-order chi connectivity index (χ1) is 8.52. The number of amides is 2. The Morgan fingerprint density at radius 3 is 2.72 bits per heavy atom. The van der Waals surface area contributed by atoms with Crippen LogP contribution in [-0.4, -0.2) is 29.6 Å². The summed E-state index contributed by atoms with van der Waals surface area (Å²) in [5, 5.41) is 13.8. The second kappa shape index (κ2) is 6.70. The lowest BCUT2D eigenvalue weighted by Gasteiger charge is -2.15. The van der Waals surface area contributed by atoms with Crippen molar-refractivity contribution in [3.63, 3.8) is 0 Å². The first-order valence-corrected chi connectivity index (χ1v) is 5.43. The van der Waals surface area contributed by atoms with E-state index in [1.807, 2.05) is 0 Å². The Labute approximate surface area is 104 Å². The molecule has 6 heteroatoms. The zero-order valence-electron chi connectivity index (χ0n) is 9.94. The summed E-state index contributed by atoms with van der Waals surface area (Å²) in [6, 6.07) is 4.81. The van der Waals surface area contributed by atoms with E-state index in [4.69, 9.17) is 5.11 Å². The SMILES string of the molecule is CC(=O)NC(CO)C(=O)NCc1cccc(F)c1. The highest BCUT2D eigenvalue weighted by Crippen LogP contribution is 2.02. The molecule has 1 aromatic carbocycles. The van der Waals surface area contributed by atoms with Crippen molar-refractivity contribution in [1.82, 2.24) is 10.6 Å². The molecule has 0 heterocycles. The number of nitrogens with one attached hydrogen (secondary N) is 2. The van der Waals surface area contributed by atoms with Crippen molar-refractivity contribution in [2.45, 2.75) is 19.5 Å². The van der Waals surface area contributed by atoms with Crippen molar-refractivity contribution >= 4 is 11.8 Å². The molecule has 0 radical (unpaired) electrons. The second-order valence-electron chi connectivity index (χ2n) is 3.78. The molecular weight excluding hydrogens is 239 g/mol. The third kappa shape index (κ3) is 4.50. The minimum absolute atomic E-state index is 0.132. The largest absolute Gasteiger partial charge is 0.394 e. The lowest BCUT2D eigenvalue weighted by Crippen LogP contribution is -2.48. The second-order valence-corrected chi connectivity index (χ2v) is 3.78. The number of benzene rings is 1. The summed E-state index contributed by atoms with van der Waals surface area (Å²) in [6.45, 7) is 0.893. The van der Waals surface area contributed by atoms with Crippen LogP contribution in [0.2, 0.25) is 0 Å². The fraction of sp³-hybridized carbons (Fsp3) is 0.333. The first kappa shape index (κ1) is 14.1. The van der Waals surface area contributed by atoms with Crippen LogP contribution < -0.4 is 10.6 Å². The Morgan fingerprint density at radius 2 is 2.17 bits per heavy atom. The van der Waals surface area contributed by atoms with Gasteiger partial charge in [-0.25, -0.2) is 4.39 Å². The van der Waals surface area contributed by atoms with Crippen molar-refractivity contribution in [2.75, 3.05) is 6.61 Å². The molecule has 0 saturated heterocycles. The maximum atomic E-state index is 12.9. The molecule has 1 unspecified atom stereocenters. The normalized spacial score (nSPS) is 11.7. The zero-order valence-corrected chi connectivity index (χ0v) is 9.94. The molecule has 1 atom stereocenters. The van der Waals surface area contributed by atoms with E-state index < -0.39 is 24.5 Å². The molecule has 0 fully saturated rings. The standard InChI is InChI=1S/C12H15FN2O3/c1-8(17)15-11(7-16)12(18)14-6-9-3-2-4-10(13)5-9/h2-5,11,16H,6-7H2,1H3,(H,14,18)(H,15,17). The number of rotatable bonds is 5. The van der Waals surface area contributed by atoms with Gasteiger partial charge in [-0.1, -0.05) is 12.1 Å². The Morgan fingerprint density at radius 1 is 1.44 bits per heavy atom. The fourth-order valence-corrected chi connectivity index (χ4v) is 1.40. The number of aliphatic hydroxyl groups is 1. The van der Waals surface area contributed by atoms with Gasteiger partial charge in [0.25, 0.3) is 0 Å². The van der Waals surface area contributed by atoms with Crippen LogP contribution in [-0.2, 0) is 16.1 Å². The molecule has 0 aliphatic carbocycles. The van der Waals surface area contributed by atoms with E-state index in [9.17, 15) is 14.0 Å². The lowest BCUT2D eigenvalue weighted by atomic mass is 10.2. The Hall–Kier alpha value is -1.95. The summed E-state index contributed by atoms with van der Waals surface area (Å²) in [5.41, 5.74) is 0.600. The number of hydrogen-bond acceptors (Lipinski definition) is 3. The molecule has 2 amide bonds. The average molecular weight is 254 g/mol. The predicted octanol–water partition coefficient (Wildman–Crippen LogP) is -0.0611. The smallest absolute Gasteiger partial charge is 0.245 e. The van der Waals surface area contributed by atoms with Crippen molar-refractivity contribution in [3.8, 4) is 0 Å². The van der Waals surface area contributed by atoms with Crippen molar-refractivity contribution in [2.24, 2.45) is 0 Å². The quantitative estimate of drug-likeness (QED) is 0.688. The molecule has 1 aromatic rings. The van der Waals surface area contributed by atoms with Gasteiger partial charge in [-0.3, -0.25) is 9.59 Å². The fourth-order valence-electron chi connectivity index (χ4n) is 1.40. The van der Waals surface area contributed by atoms with E-state index >= 15 is 0 Å². The lowest BCUT2D eigenvalue weighted by molar-refractivity contribution is -0.129. The van der Waals surface area contributed by atoms with Gasteiger partial charge in [0.15, 0.2) is 0 Å². The minimum atomic E-state index is -0.990. The van der Waals surface area contributed by atoms with E-state index in [0.717, 1.165) is 0 Å². The van der Waals surface area contributed by atoms with Gasteiger partial charge in [-0.05, 0) is 17.7 Å². The van der Waals surface area contributed by atoms with Crippen LogP contribution in [0, 0.1) is 5.82 Å². The van der Waals surface area contributed by atoms with Crippen LogP contribution >= 0.6 is 0 Å². The van der Waals surface area contributed by atoms with Crippen molar-refractivity contribution < 1.29 is 19.1 Å². The molecule has 0 aliphatic rings. The number of carbonyl (C=O) groups excluding carboxylic acids is 2. The summed E-state index contributed by atoms with van der Waals surface area (Å²) in [6.07, 6.45) is 0. The summed E-state index contributed by atoms with van der Waals surface area (Å²) in [7, 11) is 0. The van der Waals surface area contributed by atoms with E-state index in [1.165, 1.54) is 25.1 Å². The van der Waals surface area contributed by atoms with Crippen LogP contribution in [0.15, 0.2) is 24.3 Å². The maximum absolute atomic E-state index is 12.9. The predicted molar refractivity (Wildman–Crippen MR) is 62.9 cm³/mol. The first-order valence-electron chi connectivity index (χ1n) is 5.43. The van der Waals surface area contributed by atoms with Crippen LogP contribution in [0.3, 0.4) is 0 Å². The van der Waals surface area contributed by atoms with Gasteiger partial charge in [-0.2, -0.15) is 0 Å². The minimum Gasteiger partial charge on any atom is -0.394 e. The summed E-state index contributed by atoms with van der Waals surface area (Å²) in [5.74, 6) is -1.31. The van der Waals surface area contributed by atoms with Gasteiger partial charge >= 0.3 is 0 Å². The number of carbonyl (C=O) groups is 2. The monoisotopic (exact) mass is 254 g/mol. The zero-order chi connectivity index (χ0) is 13.5.